The Hall–Kier alpha value is -3.60. The van der Waals surface area contributed by atoms with Crippen molar-refractivity contribution in [2.24, 2.45) is 5.92 Å². The van der Waals surface area contributed by atoms with E-state index in [4.69, 9.17) is 10.7 Å². The Morgan fingerprint density at radius 3 is 2.44 bits per heavy atom. The second-order valence-corrected chi connectivity index (χ2v) is 11.0. The summed E-state index contributed by atoms with van der Waals surface area (Å²) >= 11 is 0. The van der Waals surface area contributed by atoms with Gasteiger partial charge in [0.2, 0.25) is 0 Å². The molecule has 0 bridgehead atoms. The second-order valence-electron chi connectivity index (χ2n) is 9.31. The molecule has 1 atom stereocenters. The standard InChI is InChI=1S/C25H27F2N5O3S/c1-15-12-14-32(25(15,2)3)23-18(24(33)31-36(34,35)20-5-4-13-29-22(20)28)10-11-19(30-23)16-6-8-17(9-7-16)21(26)27/h4-11,13,15,21H,12,14H2,1-3H3,(H2,28,29)(H,31,33). The van der Waals surface area contributed by atoms with Crippen LogP contribution in [0.3, 0.4) is 0 Å². The number of aromatic nitrogens is 2. The minimum absolute atomic E-state index is 0.0659. The first kappa shape index (κ1) is 25.5. The van der Waals surface area contributed by atoms with Crippen molar-refractivity contribution in [1.29, 1.82) is 0 Å². The molecule has 1 aliphatic heterocycles. The Labute approximate surface area is 208 Å². The Kier molecular flexibility index (Phi) is 6.70. The third-order valence-electron chi connectivity index (χ3n) is 6.84. The highest BCUT2D eigenvalue weighted by molar-refractivity contribution is 7.90. The second kappa shape index (κ2) is 9.45. The van der Waals surface area contributed by atoms with E-state index in [1.807, 2.05) is 18.7 Å². The molecule has 1 saturated heterocycles. The van der Waals surface area contributed by atoms with Gasteiger partial charge in [-0.05, 0) is 50.5 Å². The summed E-state index contributed by atoms with van der Waals surface area (Å²) in [7, 11) is -4.30. The number of nitrogens with one attached hydrogen (secondary N) is 1. The van der Waals surface area contributed by atoms with Gasteiger partial charge in [-0.1, -0.05) is 31.2 Å². The Balaban J connectivity index is 1.76. The van der Waals surface area contributed by atoms with Crippen LogP contribution in [-0.4, -0.2) is 36.4 Å². The highest BCUT2D eigenvalue weighted by Gasteiger charge is 2.41. The number of carbonyl (C=O) groups excluding carboxylic acids is 1. The molecule has 1 fully saturated rings. The fraction of sp³-hybridized carbons (Fsp3) is 0.320. The van der Waals surface area contributed by atoms with E-state index in [1.54, 1.807) is 18.2 Å². The average molecular weight is 516 g/mol. The van der Waals surface area contributed by atoms with E-state index in [9.17, 15) is 22.0 Å². The number of benzene rings is 1. The lowest BCUT2D eigenvalue weighted by atomic mass is 9.90. The molecule has 1 unspecified atom stereocenters. The zero-order chi connectivity index (χ0) is 26.3. The lowest BCUT2D eigenvalue weighted by Crippen LogP contribution is -2.43. The Bertz CT molecular complexity index is 1400. The highest BCUT2D eigenvalue weighted by atomic mass is 32.2. The third kappa shape index (κ3) is 4.75. The van der Waals surface area contributed by atoms with Crippen LogP contribution in [0.5, 0.6) is 0 Å². The molecule has 1 aromatic carbocycles. The van der Waals surface area contributed by atoms with Crippen molar-refractivity contribution >= 4 is 27.6 Å². The van der Waals surface area contributed by atoms with Crippen LogP contribution in [0.25, 0.3) is 11.3 Å². The number of nitrogens with zero attached hydrogens (tertiary/aromatic N) is 3. The molecule has 190 valence electrons. The molecule has 4 rings (SSSR count). The maximum absolute atomic E-state index is 13.3. The smallest absolute Gasteiger partial charge is 0.268 e. The first-order valence-corrected chi connectivity index (χ1v) is 12.8. The quantitative estimate of drug-likeness (QED) is 0.499. The lowest BCUT2D eigenvalue weighted by molar-refractivity contribution is 0.0981. The van der Waals surface area contributed by atoms with Gasteiger partial charge in [0.1, 0.15) is 16.5 Å². The Morgan fingerprint density at radius 2 is 1.86 bits per heavy atom. The summed E-state index contributed by atoms with van der Waals surface area (Å²) in [4.78, 5) is 23.4. The van der Waals surface area contributed by atoms with Gasteiger partial charge in [0, 0.05) is 29.4 Å². The van der Waals surface area contributed by atoms with Crippen molar-refractivity contribution in [1.82, 2.24) is 14.7 Å². The molecule has 1 aliphatic rings. The van der Waals surface area contributed by atoms with E-state index in [0.29, 0.717) is 23.6 Å². The molecule has 0 saturated carbocycles. The molecule has 3 aromatic rings. The molecule has 36 heavy (non-hydrogen) atoms. The number of hydrogen-bond donors (Lipinski definition) is 2. The summed E-state index contributed by atoms with van der Waals surface area (Å²) in [6.45, 7) is 6.77. The summed E-state index contributed by atoms with van der Waals surface area (Å²) in [5.41, 5.74) is 6.36. The fourth-order valence-electron chi connectivity index (χ4n) is 4.26. The maximum Gasteiger partial charge on any atom is 0.268 e. The zero-order valence-corrected chi connectivity index (χ0v) is 20.9. The number of hydrogen-bond acceptors (Lipinski definition) is 7. The van der Waals surface area contributed by atoms with E-state index >= 15 is 0 Å². The van der Waals surface area contributed by atoms with Crippen molar-refractivity contribution in [3.8, 4) is 11.3 Å². The largest absolute Gasteiger partial charge is 0.383 e. The van der Waals surface area contributed by atoms with Gasteiger partial charge in [0.25, 0.3) is 22.4 Å². The molecule has 1 amide bonds. The number of pyridine rings is 2. The van der Waals surface area contributed by atoms with E-state index in [0.717, 1.165) is 6.42 Å². The SMILES string of the molecule is CC1CCN(c2nc(-c3ccc(C(F)F)cc3)ccc2C(=O)NS(=O)(=O)c2cccnc2N)C1(C)C. The van der Waals surface area contributed by atoms with Crippen molar-refractivity contribution in [3.63, 3.8) is 0 Å². The monoisotopic (exact) mass is 515 g/mol. The van der Waals surface area contributed by atoms with Crippen LogP contribution in [0.15, 0.2) is 59.6 Å². The summed E-state index contributed by atoms with van der Waals surface area (Å²) in [6, 6.07) is 11.5. The highest BCUT2D eigenvalue weighted by Crippen LogP contribution is 2.39. The van der Waals surface area contributed by atoms with E-state index in [2.05, 4.69) is 16.6 Å². The molecule has 2 aromatic heterocycles. The number of carbonyl (C=O) groups is 1. The van der Waals surface area contributed by atoms with Gasteiger partial charge < -0.3 is 10.6 Å². The normalized spacial score (nSPS) is 17.4. The minimum Gasteiger partial charge on any atom is -0.383 e. The Morgan fingerprint density at radius 1 is 1.17 bits per heavy atom. The van der Waals surface area contributed by atoms with Gasteiger partial charge in [-0.2, -0.15) is 0 Å². The van der Waals surface area contributed by atoms with E-state index in [-0.39, 0.29) is 33.3 Å². The maximum atomic E-state index is 13.3. The molecule has 3 N–H and O–H groups in total. The van der Waals surface area contributed by atoms with Gasteiger partial charge in [0.05, 0.1) is 11.3 Å². The number of sulfonamides is 1. The van der Waals surface area contributed by atoms with Gasteiger partial charge in [-0.15, -0.1) is 0 Å². The van der Waals surface area contributed by atoms with Crippen molar-refractivity contribution < 1.29 is 22.0 Å². The summed E-state index contributed by atoms with van der Waals surface area (Å²) < 4.78 is 53.8. The minimum atomic E-state index is -4.30. The van der Waals surface area contributed by atoms with E-state index in [1.165, 1.54) is 36.5 Å². The molecule has 3 heterocycles. The van der Waals surface area contributed by atoms with Gasteiger partial charge in [-0.3, -0.25) is 4.79 Å². The summed E-state index contributed by atoms with van der Waals surface area (Å²) in [6.07, 6.45) is -0.383. The van der Waals surface area contributed by atoms with Crippen molar-refractivity contribution in [3.05, 3.63) is 65.9 Å². The zero-order valence-electron chi connectivity index (χ0n) is 20.1. The average Bonchev–Trinajstić information content (AvgIpc) is 3.10. The predicted molar refractivity (Wildman–Crippen MR) is 133 cm³/mol. The number of nitrogen functional groups attached to an aromatic ring is 1. The van der Waals surface area contributed by atoms with Crippen molar-refractivity contribution in [2.75, 3.05) is 17.2 Å². The number of nitrogens with two attached hydrogens (primary N) is 1. The number of halogens is 2. The van der Waals surface area contributed by atoms with Crippen LogP contribution >= 0.6 is 0 Å². The van der Waals surface area contributed by atoms with Crippen LogP contribution in [0.4, 0.5) is 20.4 Å². The van der Waals surface area contributed by atoms with Crippen LogP contribution in [0, 0.1) is 5.92 Å². The first-order valence-electron chi connectivity index (χ1n) is 11.4. The summed E-state index contributed by atoms with van der Waals surface area (Å²) in [5.74, 6) is -0.501. The third-order valence-corrected chi connectivity index (χ3v) is 8.22. The van der Waals surface area contributed by atoms with Gasteiger partial charge >= 0.3 is 0 Å². The molecule has 0 radical (unpaired) electrons. The predicted octanol–water partition coefficient (Wildman–Crippen LogP) is 4.41. The van der Waals surface area contributed by atoms with Crippen LogP contribution < -0.4 is 15.4 Å². The van der Waals surface area contributed by atoms with Gasteiger partial charge in [-0.25, -0.2) is 31.9 Å². The fourth-order valence-corrected chi connectivity index (χ4v) is 5.31. The van der Waals surface area contributed by atoms with Crippen molar-refractivity contribution in [2.45, 2.75) is 44.1 Å². The number of rotatable bonds is 6. The number of anilines is 2. The first-order chi connectivity index (χ1) is 16.9. The molecule has 0 aliphatic carbocycles. The molecule has 11 heteroatoms. The van der Waals surface area contributed by atoms with Crippen LogP contribution in [0.1, 0.15) is 49.5 Å². The topological polar surface area (TPSA) is 118 Å². The number of alkyl halides is 2. The van der Waals surface area contributed by atoms with Crippen LogP contribution in [-0.2, 0) is 10.0 Å². The lowest BCUT2D eigenvalue weighted by Gasteiger charge is -2.36. The van der Waals surface area contributed by atoms with Crippen LogP contribution in [0.2, 0.25) is 0 Å². The number of amides is 1. The van der Waals surface area contributed by atoms with E-state index < -0.39 is 22.4 Å². The molecular formula is C25H27F2N5O3S. The summed E-state index contributed by atoms with van der Waals surface area (Å²) in [5, 5.41) is 0. The molecular weight excluding hydrogens is 488 g/mol. The molecule has 8 nitrogen and oxygen atoms in total. The van der Waals surface area contributed by atoms with Gasteiger partial charge in [0.15, 0.2) is 0 Å². The molecule has 0 spiro atoms.